The topological polar surface area (TPSA) is 60.4 Å². The zero-order valence-corrected chi connectivity index (χ0v) is 23.8. The molecule has 5 heteroatoms. The molecule has 43 heavy (non-hydrogen) atoms. The lowest BCUT2D eigenvalue weighted by molar-refractivity contribution is 0.595. The second kappa shape index (κ2) is 8.93. The van der Waals surface area contributed by atoms with Crippen LogP contribution < -0.4 is 0 Å². The molecule has 3 heterocycles. The van der Waals surface area contributed by atoms with Crippen LogP contribution in [0.15, 0.2) is 130 Å². The average molecular weight is 577 g/mol. The molecule has 1 aliphatic rings. The maximum absolute atomic E-state index is 13.2. The van der Waals surface area contributed by atoms with Gasteiger partial charge in [-0.05, 0) is 69.3 Å². The largest absolute Gasteiger partial charge is 0.456 e. The Kier molecular flexibility index (Phi) is 5.08. The van der Waals surface area contributed by atoms with Gasteiger partial charge in [-0.25, -0.2) is 8.42 Å². The molecule has 0 saturated heterocycles. The fraction of sp³-hybridized carbons (Fsp3) is 0.0526. The molecule has 0 saturated carbocycles. The maximum atomic E-state index is 13.2. The molecule has 0 unspecified atom stereocenters. The Labute approximate surface area is 247 Å². The highest BCUT2D eigenvalue weighted by atomic mass is 32.2. The summed E-state index contributed by atoms with van der Waals surface area (Å²) in [6.07, 6.45) is 0. The van der Waals surface area contributed by atoms with E-state index >= 15 is 0 Å². The van der Waals surface area contributed by atoms with Gasteiger partial charge >= 0.3 is 0 Å². The summed E-state index contributed by atoms with van der Waals surface area (Å²) in [6, 6.07) is 40.8. The molecule has 0 bridgehead atoms. The van der Waals surface area contributed by atoms with Gasteiger partial charge in [-0.15, -0.1) is 0 Å². The van der Waals surface area contributed by atoms with Crippen LogP contribution in [0.5, 0.6) is 0 Å². The number of rotatable bonds is 2. The lowest BCUT2D eigenvalue weighted by Crippen LogP contribution is -2.05. The molecule has 0 spiro atoms. The molecule has 0 atom stereocenters. The van der Waals surface area contributed by atoms with Crippen molar-refractivity contribution in [3.8, 4) is 33.4 Å². The summed E-state index contributed by atoms with van der Waals surface area (Å²) in [5.41, 5.74) is 10.9. The number of benzene rings is 6. The van der Waals surface area contributed by atoms with Crippen LogP contribution in [0.2, 0.25) is 0 Å². The van der Waals surface area contributed by atoms with E-state index in [-0.39, 0.29) is 11.5 Å². The van der Waals surface area contributed by atoms with Gasteiger partial charge in [0.25, 0.3) is 0 Å². The third kappa shape index (κ3) is 3.78. The van der Waals surface area contributed by atoms with Crippen molar-refractivity contribution in [2.45, 2.75) is 11.5 Å². The van der Waals surface area contributed by atoms with Crippen LogP contribution in [0.4, 0.5) is 0 Å². The summed E-state index contributed by atoms with van der Waals surface area (Å²) >= 11 is 0. The van der Waals surface area contributed by atoms with Gasteiger partial charge < -0.3 is 8.83 Å². The molecule has 9 rings (SSSR count). The standard InChI is InChI=1S/C38H24O4S/c39-43(40)21-25-17-15-23(27-9-6-14-36-37(27)31-8-2-4-13-35(31)41-36)19-32(25)33-20-24(16-18-26(33)22-43)28-10-5-11-30-29-7-1-3-12-34(29)42-38(28)30/h1-20H,21-22H2. The van der Waals surface area contributed by atoms with E-state index in [0.29, 0.717) is 0 Å². The molecule has 0 N–H and O–H groups in total. The van der Waals surface area contributed by atoms with E-state index in [9.17, 15) is 8.42 Å². The molecular formula is C38H24O4S. The van der Waals surface area contributed by atoms with Crippen LogP contribution in [-0.2, 0) is 21.3 Å². The van der Waals surface area contributed by atoms with Gasteiger partial charge in [-0.3, -0.25) is 0 Å². The molecular weight excluding hydrogens is 552 g/mol. The van der Waals surface area contributed by atoms with Crippen molar-refractivity contribution in [3.63, 3.8) is 0 Å². The van der Waals surface area contributed by atoms with E-state index in [1.54, 1.807) is 0 Å². The van der Waals surface area contributed by atoms with E-state index in [1.165, 1.54) is 0 Å². The predicted octanol–water partition coefficient (Wildman–Crippen LogP) is 9.91. The van der Waals surface area contributed by atoms with Gasteiger partial charge in [0.2, 0.25) is 0 Å². The predicted molar refractivity (Wildman–Crippen MR) is 174 cm³/mol. The summed E-state index contributed by atoms with van der Waals surface area (Å²) in [7, 11) is -3.34. The SMILES string of the molecule is O=S1(=O)Cc2ccc(-c3cccc4c3oc3ccccc34)cc2-c2cc(-c3cccc4oc5ccccc5c34)ccc2C1. The van der Waals surface area contributed by atoms with Crippen molar-refractivity contribution in [1.29, 1.82) is 0 Å². The minimum atomic E-state index is -3.34. The van der Waals surface area contributed by atoms with E-state index in [1.807, 2.05) is 72.8 Å². The quantitative estimate of drug-likeness (QED) is 0.205. The van der Waals surface area contributed by atoms with Crippen LogP contribution >= 0.6 is 0 Å². The van der Waals surface area contributed by atoms with Gasteiger partial charge in [-0.1, -0.05) is 91.0 Å². The smallest absolute Gasteiger partial charge is 0.158 e. The van der Waals surface area contributed by atoms with Crippen molar-refractivity contribution < 1.29 is 17.3 Å². The monoisotopic (exact) mass is 576 g/mol. The lowest BCUT2D eigenvalue weighted by atomic mass is 9.89. The molecule has 8 aromatic rings. The van der Waals surface area contributed by atoms with Gasteiger partial charge in [-0.2, -0.15) is 0 Å². The third-order valence-electron chi connectivity index (χ3n) is 8.69. The Morgan fingerprint density at radius 2 is 1.02 bits per heavy atom. The lowest BCUT2D eigenvalue weighted by Gasteiger charge is -2.14. The van der Waals surface area contributed by atoms with E-state index in [0.717, 1.165) is 88.4 Å². The minimum absolute atomic E-state index is 0.00339. The summed E-state index contributed by atoms with van der Waals surface area (Å²) < 4.78 is 39.0. The first-order chi connectivity index (χ1) is 21.0. The first kappa shape index (κ1) is 24.5. The van der Waals surface area contributed by atoms with Crippen LogP contribution in [0.1, 0.15) is 11.1 Å². The van der Waals surface area contributed by atoms with E-state index in [2.05, 4.69) is 48.5 Å². The van der Waals surface area contributed by atoms with Crippen molar-refractivity contribution in [2.24, 2.45) is 0 Å². The maximum Gasteiger partial charge on any atom is 0.158 e. The molecule has 0 aliphatic carbocycles. The van der Waals surface area contributed by atoms with Crippen LogP contribution in [0.3, 0.4) is 0 Å². The average Bonchev–Trinajstić information content (AvgIpc) is 3.56. The van der Waals surface area contributed by atoms with Crippen molar-refractivity contribution in [3.05, 3.63) is 132 Å². The Morgan fingerprint density at radius 1 is 0.465 bits per heavy atom. The first-order valence-electron chi connectivity index (χ1n) is 14.3. The van der Waals surface area contributed by atoms with Gasteiger partial charge in [0.15, 0.2) is 9.84 Å². The molecule has 206 valence electrons. The Balaban J connectivity index is 1.28. The molecule has 0 fully saturated rings. The summed E-state index contributed by atoms with van der Waals surface area (Å²) in [4.78, 5) is 0. The number of para-hydroxylation sites is 3. The number of hydrogen-bond donors (Lipinski definition) is 0. The molecule has 6 aromatic carbocycles. The van der Waals surface area contributed by atoms with Crippen LogP contribution in [-0.4, -0.2) is 8.42 Å². The fourth-order valence-corrected chi connectivity index (χ4v) is 8.31. The van der Waals surface area contributed by atoms with Gasteiger partial charge in [0.05, 0.1) is 11.5 Å². The fourth-order valence-electron chi connectivity index (χ4n) is 6.76. The van der Waals surface area contributed by atoms with E-state index < -0.39 is 9.84 Å². The summed E-state index contributed by atoms with van der Waals surface area (Å²) in [5.74, 6) is 0.00798. The zero-order valence-electron chi connectivity index (χ0n) is 23.0. The van der Waals surface area contributed by atoms with E-state index in [4.69, 9.17) is 8.83 Å². The Morgan fingerprint density at radius 3 is 1.77 bits per heavy atom. The Hall–Kier alpha value is -5.13. The first-order valence-corrected chi connectivity index (χ1v) is 16.1. The molecule has 4 nitrogen and oxygen atoms in total. The Bertz CT molecular complexity index is 2530. The zero-order chi connectivity index (χ0) is 28.7. The second-order valence-corrected chi connectivity index (χ2v) is 13.4. The highest BCUT2D eigenvalue weighted by molar-refractivity contribution is 7.89. The molecule has 1 aliphatic heterocycles. The van der Waals surface area contributed by atoms with Crippen LogP contribution in [0, 0.1) is 0 Å². The van der Waals surface area contributed by atoms with Crippen molar-refractivity contribution >= 4 is 53.7 Å². The summed E-state index contributed by atoms with van der Waals surface area (Å²) in [5, 5.41) is 4.27. The molecule has 0 radical (unpaired) electrons. The minimum Gasteiger partial charge on any atom is -0.456 e. The third-order valence-corrected chi connectivity index (χ3v) is 10.2. The van der Waals surface area contributed by atoms with Gasteiger partial charge in [0, 0.05) is 27.1 Å². The molecule has 2 aromatic heterocycles. The van der Waals surface area contributed by atoms with Crippen molar-refractivity contribution in [1.82, 2.24) is 0 Å². The van der Waals surface area contributed by atoms with Gasteiger partial charge in [0.1, 0.15) is 22.3 Å². The normalized spacial score (nSPS) is 14.2. The highest BCUT2D eigenvalue weighted by Crippen LogP contribution is 2.43. The van der Waals surface area contributed by atoms with Crippen LogP contribution in [0.25, 0.3) is 77.3 Å². The second-order valence-electron chi connectivity index (χ2n) is 11.3. The summed E-state index contributed by atoms with van der Waals surface area (Å²) in [6.45, 7) is 0. The van der Waals surface area contributed by atoms with Crippen molar-refractivity contribution in [2.75, 3.05) is 0 Å². The number of sulfone groups is 1. The molecule has 0 amide bonds. The number of fused-ring (bicyclic) bond motifs is 9. The number of furan rings is 2. The number of hydrogen-bond acceptors (Lipinski definition) is 4. The highest BCUT2D eigenvalue weighted by Gasteiger charge is 2.25.